The first-order chi connectivity index (χ1) is 17.0. The van der Waals surface area contributed by atoms with Crippen molar-refractivity contribution < 1.29 is 14.3 Å². The van der Waals surface area contributed by atoms with E-state index in [2.05, 4.69) is 32.9 Å². The second-order valence-electron chi connectivity index (χ2n) is 8.31. The van der Waals surface area contributed by atoms with Gasteiger partial charge in [0.25, 0.3) is 0 Å². The average Bonchev–Trinajstić information content (AvgIpc) is 3.77. The van der Waals surface area contributed by atoms with Crippen molar-refractivity contribution in [3.8, 4) is 17.7 Å². The summed E-state index contributed by atoms with van der Waals surface area (Å²) in [7, 11) is 0. The largest absolute Gasteiger partial charge is 0.372 e. The summed E-state index contributed by atoms with van der Waals surface area (Å²) < 4.78 is 6.42. The van der Waals surface area contributed by atoms with E-state index in [-0.39, 0.29) is 23.5 Å². The fraction of sp³-hybridized carbons (Fsp3) is 0.292. The van der Waals surface area contributed by atoms with Gasteiger partial charge in [0.15, 0.2) is 0 Å². The summed E-state index contributed by atoms with van der Waals surface area (Å²) in [5.41, 5.74) is 2.88. The molecule has 1 N–H and O–H groups in total. The van der Waals surface area contributed by atoms with Gasteiger partial charge in [-0.1, -0.05) is 41.0 Å². The molecule has 0 aliphatic heterocycles. The molecule has 0 radical (unpaired) electrons. The molecule has 2 fully saturated rings. The first kappa shape index (κ1) is 23.7. The molecule has 0 saturated heterocycles. The van der Waals surface area contributed by atoms with Gasteiger partial charge in [-0.05, 0) is 83.8 Å². The number of benzene rings is 2. The number of anilines is 1. The van der Waals surface area contributed by atoms with E-state index >= 15 is 0 Å². The van der Waals surface area contributed by atoms with Gasteiger partial charge < -0.3 is 10.1 Å². The van der Waals surface area contributed by atoms with E-state index in [0.29, 0.717) is 38.1 Å². The maximum atomic E-state index is 12.5. The number of thioether (sulfide) groups is 1. The number of tetrazole rings is 1. The van der Waals surface area contributed by atoms with E-state index < -0.39 is 0 Å². The zero-order valence-electron chi connectivity index (χ0n) is 18.3. The number of nitrogens with zero attached hydrogens (tertiary/aromatic N) is 4. The molecule has 0 spiro atoms. The molecule has 35 heavy (non-hydrogen) atoms. The third-order valence-electron chi connectivity index (χ3n) is 5.52. The molecule has 8 nitrogen and oxygen atoms in total. The van der Waals surface area contributed by atoms with Gasteiger partial charge >= 0.3 is 5.97 Å². The van der Waals surface area contributed by atoms with Crippen LogP contribution in [0.5, 0.6) is 0 Å². The quantitative estimate of drug-likeness (QED) is 0.266. The van der Waals surface area contributed by atoms with Crippen molar-refractivity contribution in [3.63, 3.8) is 0 Å². The minimum absolute atomic E-state index is 0.0159. The van der Waals surface area contributed by atoms with Crippen LogP contribution in [0.4, 0.5) is 5.69 Å². The lowest BCUT2D eigenvalue weighted by atomic mass is 10.1. The van der Waals surface area contributed by atoms with Crippen molar-refractivity contribution in [1.82, 2.24) is 20.2 Å². The number of hydrogen-bond acceptors (Lipinski definition) is 7. The zero-order chi connectivity index (χ0) is 24.4. The molecule has 11 heteroatoms. The summed E-state index contributed by atoms with van der Waals surface area (Å²) in [6.45, 7) is 0. The molecule has 0 atom stereocenters. The Hall–Kier alpha value is -3.06. The number of hydrogen-bond donors (Lipinski definition) is 1. The van der Waals surface area contributed by atoms with Crippen LogP contribution in [0.1, 0.15) is 42.7 Å². The molecule has 2 aliphatic carbocycles. The topological polar surface area (TPSA) is 99.0 Å². The molecule has 2 saturated carbocycles. The molecular weight excluding hydrogens is 509 g/mol. The summed E-state index contributed by atoms with van der Waals surface area (Å²) in [4.78, 5) is 24.0. The van der Waals surface area contributed by atoms with E-state index in [1.54, 1.807) is 18.2 Å². The Kier molecular flexibility index (Phi) is 6.95. The lowest BCUT2D eigenvalue weighted by Gasteiger charge is -2.09. The Morgan fingerprint density at radius 2 is 1.94 bits per heavy atom. The average molecular weight is 528 g/mol. The van der Waals surface area contributed by atoms with Gasteiger partial charge in [-0.15, -0.1) is 5.10 Å². The third kappa shape index (κ3) is 5.96. The lowest BCUT2D eigenvalue weighted by molar-refractivity contribution is -0.138. The molecule has 1 amide bonds. The Morgan fingerprint density at radius 3 is 2.66 bits per heavy atom. The standard InChI is InChI=1S/C24H19Cl2N5O3S/c25-18-11-14(9-10-34-23(33)16-4-5-16)1-7-20(18)27-22(32)13-35-24-28-29-30-31(24)21-8-6-17(12-19(21)26)15-2-3-15/h1,6-8,11-12,15-16H,2-5,13H2,(H,27,32). The van der Waals surface area contributed by atoms with Crippen molar-refractivity contribution in [2.75, 3.05) is 11.1 Å². The van der Waals surface area contributed by atoms with Crippen LogP contribution in [0, 0.1) is 17.9 Å². The highest BCUT2D eigenvalue weighted by Crippen LogP contribution is 2.41. The SMILES string of the molecule is O=C(CSc1nnnn1-c1ccc(C2CC2)cc1Cl)Nc1ccc(C#COC(=O)C2CC2)cc1Cl. The first-order valence-corrected chi connectivity index (χ1v) is 12.7. The van der Waals surface area contributed by atoms with Crippen LogP contribution in [0.25, 0.3) is 5.69 Å². The Morgan fingerprint density at radius 1 is 1.11 bits per heavy atom. The summed E-state index contributed by atoms with van der Waals surface area (Å²) in [5, 5.41) is 15.9. The first-order valence-electron chi connectivity index (χ1n) is 11.0. The highest BCUT2D eigenvalue weighted by molar-refractivity contribution is 7.99. The van der Waals surface area contributed by atoms with Crippen LogP contribution >= 0.6 is 35.0 Å². The number of carbonyl (C=O) groups excluding carboxylic acids is 2. The Labute approximate surface area is 215 Å². The molecule has 0 bridgehead atoms. The van der Waals surface area contributed by atoms with E-state index in [1.807, 2.05) is 18.2 Å². The van der Waals surface area contributed by atoms with Gasteiger partial charge in [-0.25, -0.2) is 0 Å². The number of aromatic nitrogens is 4. The van der Waals surface area contributed by atoms with Gasteiger partial charge in [0.05, 0.1) is 33.1 Å². The van der Waals surface area contributed by atoms with Crippen molar-refractivity contribution in [3.05, 3.63) is 57.6 Å². The molecule has 2 aliphatic rings. The number of esters is 1. The molecule has 1 aromatic heterocycles. The number of halogens is 2. The second kappa shape index (κ2) is 10.3. The zero-order valence-corrected chi connectivity index (χ0v) is 20.7. The monoisotopic (exact) mass is 527 g/mol. The minimum Gasteiger partial charge on any atom is -0.372 e. The van der Waals surface area contributed by atoms with Gasteiger partial charge in [0.1, 0.15) is 6.11 Å². The van der Waals surface area contributed by atoms with Crippen molar-refractivity contribution in [1.29, 1.82) is 0 Å². The highest BCUT2D eigenvalue weighted by Gasteiger charge is 2.31. The van der Waals surface area contributed by atoms with Crippen LogP contribution in [0.2, 0.25) is 10.0 Å². The fourth-order valence-electron chi connectivity index (χ4n) is 3.33. The summed E-state index contributed by atoms with van der Waals surface area (Å²) in [6, 6.07) is 10.8. The van der Waals surface area contributed by atoms with Crippen LogP contribution in [-0.4, -0.2) is 37.8 Å². The molecule has 0 unspecified atom stereocenters. The lowest BCUT2D eigenvalue weighted by Crippen LogP contribution is -2.15. The van der Waals surface area contributed by atoms with Crippen LogP contribution in [-0.2, 0) is 14.3 Å². The summed E-state index contributed by atoms with van der Waals surface area (Å²) in [6.07, 6.45) is 6.49. The predicted molar refractivity (Wildman–Crippen MR) is 133 cm³/mol. The van der Waals surface area contributed by atoms with E-state index in [0.717, 1.165) is 12.8 Å². The van der Waals surface area contributed by atoms with Gasteiger partial charge in [0, 0.05) is 5.56 Å². The number of rotatable bonds is 7. The van der Waals surface area contributed by atoms with Gasteiger partial charge in [-0.3, -0.25) is 9.59 Å². The number of carbonyl (C=O) groups is 2. The van der Waals surface area contributed by atoms with Crippen molar-refractivity contribution in [2.24, 2.45) is 5.92 Å². The van der Waals surface area contributed by atoms with Crippen LogP contribution < -0.4 is 5.32 Å². The Balaban J connectivity index is 1.18. The van der Waals surface area contributed by atoms with Crippen LogP contribution in [0.3, 0.4) is 0 Å². The van der Waals surface area contributed by atoms with Crippen LogP contribution in [0.15, 0.2) is 41.6 Å². The van der Waals surface area contributed by atoms with E-state index in [4.69, 9.17) is 27.9 Å². The molecule has 178 valence electrons. The smallest absolute Gasteiger partial charge is 0.322 e. The van der Waals surface area contributed by atoms with Crippen molar-refractivity contribution >= 4 is 52.5 Å². The maximum Gasteiger partial charge on any atom is 0.322 e. The maximum absolute atomic E-state index is 12.5. The van der Waals surface area contributed by atoms with Crippen molar-refractivity contribution in [2.45, 2.75) is 36.8 Å². The molecule has 1 heterocycles. The number of nitrogens with one attached hydrogen (secondary N) is 1. The summed E-state index contributed by atoms with van der Waals surface area (Å²) in [5.74, 6) is 2.79. The normalized spacial score (nSPS) is 14.7. The third-order valence-corrected chi connectivity index (χ3v) is 7.06. The summed E-state index contributed by atoms with van der Waals surface area (Å²) >= 11 is 13.9. The van der Waals surface area contributed by atoms with E-state index in [9.17, 15) is 9.59 Å². The molecular formula is C24H19Cl2N5O3S. The number of amides is 1. The predicted octanol–water partition coefficient (Wildman–Crippen LogP) is 4.84. The molecule has 3 aromatic rings. The fourth-order valence-corrected chi connectivity index (χ4v) is 4.51. The molecule has 2 aromatic carbocycles. The van der Waals surface area contributed by atoms with E-state index in [1.165, 1.54) is 34.8 Å². The number of ether oxygens (including phenoxy) is 1. The highest BCUT2D eigenvalue weighted by atomic mass is 35.5. The van der Waals surface area contributed by atoms with Gasteiger partial charge in [0.2, 0.25) is 11.1 Å². The minimum atomic E-state index is -0.298. The van der Waals surface area contributed by atoms with Gasteiger partial charge in [-0.2, -0.15) is 4.68 Å². The Bertz CT molecular complexity index is 1360. The second-order valence-corrected chi connectivity index (χ2v) is 10.1. The molecule has 5 rings (SSSR count).